The van der Waals surface area contributed by atoms with Gasteiger partial charge in [0.15, 0.2) is 0 Å². The van der Waals surface area contributed by atoms with E-state index in [2.05, 4.69) is 41.5 Å². The van der Waals surface area contributed by atoms with Gasteiger partial charge in [-0.3, -0.25) is 4.68 Å². The number of carbonyl (C=O) groups is 1. The van der Waals surface area contributed by atoms with E-state index >= 15 is 0 Å². The third-order valence-corrected chi connectivity index (χ3v) is 10.2. The van der Waals surface area contributed by atoms with Crippen molar-refractivity contribution in [3.8, 4) is 22.6 Å². The van der Waals surface area contributed by atoms with Crippen molar-refractivity contribution in [1.82, 2.24) is 14.3 Å². The Kier molecular flexibility index (Phi) is 10.5. The van der Waals surface area contributed by atoms with Gasteiger partial charge in [0.25, 0.3) is 0 Å². The second-order valence-corrected chi connectivity index (χ2v) is 13.3. The van der Waals surface area contributed by atoms with Crippen molar-refractivity contribution in [2.75, 3.05) is 20.3 Å². The SMILES string of the molecule is CCOC(=O)c1c(C)c2c(-c3c(CO)nn(C)c3C)c(Cl)ccc2n1CCCOc1cc(SCc2ccc(OC)cc2)cc2ccccc12. The fourth-order valence-corrected chi connectivity index (χ4v) is 7.59. The normalized spacial score (nSPS) is 11.4. The number of halogens is 1. The van der Waals surface area contributed by atoms with Gasteiger partial charge in [0, 0.05) is 62.4 Å². The van der Waals surface area contributed by atoms with E-state index in [9.17, 15) is 9.90 Å². The van der Waals surface area contributed by atoms with Gasteiger partial charge in [-0.15, -0.1) is 11.8 Å². The number of aliphatic hydroxyl groups is 1. The lowest BCUT2D eigenvalue weighted by molar-refractivity contribution is 0.0513. The predicted octanol–water partition coefficient (Wildman–Crippen LogP) is 8.90. The van der Waals surface area contributed by atoms with Crippen molar-refractivity contribution in [3.63, 3.8) is 0 Å². The largest absolute Gasteiger partial charge is 0.497 e. The number of hydrogen-bond donors (Lipinski definition) is 1. The lowest BCUT2D eigenvalue weighted by Crippen LogP contribution is -2.15. The van der Waals surface area contributed by atoms with Gasteiger partial charge < -0.3 is 23.9 Å². The molecule has 0 bridgehead atoms. The summed E-state index contributed by atoms with van der Waals surface area (Å²) in [5.41, 5.74) is 6.25. The molecule has 0 aliphatic heterocycles. The molecular weight excluding hydrogens is 658 g/mol. The second-order valence-electron chi connectivity index (χ2n) is 11.8. The number of esters is 1. The molecule has 6 rings (SSSR count). The first-order valence-electron chi connectivity index (χ1n) is 16.3. The zero-order chi connectivity index (χ0) is 34.7. The van der Waals surface area contributed by atoms with Gasteiger partial charge in [0.05, 0.1) is 32.6 Å². The number of methoxy groups -OCH3 is 1. The van der Waals surface area contributed by atoms with Gasteiger partial charge >= 0.3 is 5.97 Å². The number of aliphatic hydroxyl groups excluding tert-OH is 1. The first-order chi connectivity index (χ1) is 23.7. The van der Waals surface area contributed by atoms with Crippen molar-refractivity contribution >= 4 is 51.0 Å². The fraction of sp³-hybridized carbons (Fsp3) is 0.282. The maximum Gasteiger partial charge on any atom is 0.355 e. The van der Waals surface area contributed by atoms with Gasteiger partial charge in [0.1, 0.15) is 17.2 Å². The third kappa shape index (κ3) is 6.88. The molecule has 6 aromatic rings. The summed E-state index contributed by atoms with van der Waals surface area (Å²) in [7, 11) is 3.51. The molecule has 0 aliphatic carbocycles. The topological polar surface area (TPSA) is 87.7 Å². The van der Waals surface area contributed by atoms with Crippen molar-refractivity contribution in [3.05, 3.63) is 106 Å². The monoisotopic (exact) mass is 697 g/mol. The molecule has 0 atom stereocenters. The minimum absolute atomic E-state index is 0.235. The molecule has 0 saturated heterocycles. The van der Waals surface area contributed by atoms with E-state index < -0.39 is 5.97 Å². The van der Waals surface area contributed by atoms with Gasteiger partial charge in [-0.2, -0.15) is 5.10 Å². The molecule has 4 aromatic carbocycles. The van der Waals surface area contributed by atoms with Crippen molar-refractivity contribution in [2.24, 2.45) is 7.05 Å². The van der Waals surface area contributed by atoms with Crippen LogP contribution in [0.25, 0.3) is 32.8 Å². The highest BCUT2D eigenvalue weighted by Gasteiger charge is 2.27. The Balaban J connectivity index is 1.29. The van der Waals surface area contributed by atoms with Crippen LogP contribution in [-0.4, -0.2) is 45.7 Å². The van der Waals surface area contributed by atoms with Crippen molar-refractivity contribution in [2.45, 2.75) is 51.0 Å². The van der Waals surface area contributed by atoms with Crippen LogP contribution < -0.4 is 9.47 Å². The number of thioether (sulfide) groups is 1. The summed E-state index contributed by atoms with van der Waals surface area (Å²) in [5, 5.41) is 18.2. The lowest BCUT2D eigenvalue weighted by Gasteiger charge is -2.14. The van der Waals surface area contributed by atoms with Crippen LogP contribution in [0.15, 0.2) is 77.7 Å². The zero-order valence-corrected chi connectivity index (χ0v) is 30.0. The van der Waals surface area contributed by atoms with Crippen LogP contribution in [0.4, 0.5) is 0 Å². The number of hydrogen-bond acceptors (Lipinski definition) is 7. The molecule has 8 nitrogen and oxygen atoms in total. The van der Waals surface area contributed by atoms with E-state index in [-0.39, 0.29) is 13.2 Å². The Morgan fingerprint density at radius 1 is 1.02 bits per heavy atom. The van der Waals surface area contributed by atoms with Crippen LogP contribution in [0.5, 0.6) is 11.5 Å². The Morgan fingerprint density at radius 2 is 1.80 bits per heavy atom. The van der Waals surface area contributed by atoms with E-state index in [4.69, 9.17) is 25.8 Å². The van der Waals surface area contributed by atoms with Crippen LogP contribution in [-0.2, 0) is 30.7 Å². The number of ether oxygens (including phenoxy) is 3. The highest BCUT2D eigenvalue weighted by molar-refractivity contribution is 7.98. The van der Waals surface area contributed by atoms with Crippen LogP contribution in [0.3, 0.4) is 0 Å². The molecule has 2 heterocycles. The summed E-state index contributed by atoms with van der Waals surface area (Å²) in [5.74, 6) is 2.10. The van der Waals surface area contributed by atoms with Crippen molar-refractivity contribution in [1.29, 1.82) is 0 Å². The zero-order valence-electron chi connectivity index (χ0n) is 28.4. The van der Waals surface area contributed by atoms with Crippen LogP contribution in [0.1, 0.15) is 46.3 Å². The molecule has 0 aliphatic rings. The Morgan fingerprint density at radius 3 is 2.53 bits per heavy atom. The molecule has 254 valence electrons. The van der Waals surface area contributed by atoms with Gasteiger partial charge in [-0.1, -0.05) is 48.0 Å². The second kappa shape index (κ2) is 15.0. The van der Waals surface area contributed by atoms with Crippen molar-refractivity contribution < 1.29 is 24.1 Å². The average Bonchev–Trinajstić information content (AvgIpc) is 3.56. The molecule has 0 spiro atoms. The van der Waals surface area contributed by atoms with Gasteiger partial charge in [-0.05, 0) is 80.1 Å². The molecule has 0 fully saturated rings. The summed E-state index contributed by atoms with van der Waals surface area (Å²) in [6.07, 6.45) is 0.638. The van der Waals surface area contributed by atoms with E-state index in [1.165, 1.54) is 5.56 Å². The number of fused-ring (bicyclic) bond motifs is 2. The number of aryl methyl sites for hydroxylation is 3. The van der Waals surface area contributed by atoms with Gasteiger partial charge in [0.2, 0.25) is 0 Å². The van der Waals surface area contributed by atoms with Crippen LogP contribution >= 0.6 is 23.4 Å². The summed E-state index contributed by atoms with van der Waals surface area (Å²) in [4.78, 5) is 14.6. The van der Waals surface area contributed by atoms with Crippen LogP contribution in [0.2, 0.25) is 5.02 Å². The van der Waals surface area contributed by atoms with E-state index in [1.54, 1.807) is 30.5 Å². The maximum absolute atomic E-state index is 13.4. The first-order valence-corrected chi connectivity index (χ1v) is 17.6. The molecule has 0 radical (unpaired) electrons. The summed E-state index contributed by atoms with van der Waals surface area (Å²) < 4.78 is 21.1. The third-order valence-electron chi connectivity index (χ3n) is 8.84. The maximum atomic E-state index is 13.4. The predicted molar refractivity (Wildman–Crippen MR) is 197 cm³/mol. The standard InChI is InChI=1S/C39H40ClN3O5S/c1-6-47-39(45)38-24(2)35-33(17-16-31(40)37(35)36-25(3)42(4)41-32(36)22-44)43(38)18-9-19-48-34-21-29(20-27-10-7-8-11-30(27)34)49-23-26-12-14-28(46-5)15-13-26/h7-8,10-17,20-21,44H,6,9,18-19,22-23H2,1-5H3. The van der Waals surface area contributed by atoms with E-state index in [1.807, 2.05) is 61.9 Å². The molecule has 10 heteroatoms. The molecule has 0 amide bonds. The highest BCUT2D eigenvalue weighted by atomic mass is 35.5. The smallest absolute Gasteiger partial charge is 0.355 e. The van der Waals surface area contributed by atoms with Crippen LogP contribution in [0, 0.1) is 13.8 Å². The summed E-state index contributed by atoms with van der Waals surface area (Å²) in [6.45, 7) is 6.65. The molecule has 49 heavy (non-hydrogen) atoms. The summed E-state index contributed by atoms with van der Waals surface area (Å²) in [6, 6.07) is 24.5. The molecule has 0 saturated carbocycles. The fourth-order valence-electron chi connectivity index (χ4n) is 6.41. The molecule has 2 aromatic heterocycles. The number of rotatable bonds is 13. The van der Waals surface area contributed by atoms with E-state index in [0.717, 1.165) is 66.2 Å². The lowest BCUT2D eigenvalue weighted by atomic mass is 9.97. The molecule has 0 unspecified atom stereocenters. The number of aromatic nitrogens is 3. The summed E-state index contributed by atoms with van der Waals surface area (Å²) >= 11 is 8.64. The first kappa shape index (κ1) is 34.4. The minimum Gasteiger partial charge on any atom is -0.497 e. The highest BCUT2D eigenvalue weighted by Crippen LogP contribution is 2.42. The number of nitrogens with zero attached hydrogens (tertiary/aromatic N) is 3. The minimum atomic E-state index is -0.392. The number of benzene rings is 4. The molecular formula is C39H40ClN3O5S. The Hall–Kier alpha value is -4.44. The molecule has 1 N–H and O–H groups in total. The van der Waals surface area contributed by atoms with Gasteiger partial charge in [-0.25, -0.2) is 4.79 Å². The average molecular weight is 698 g/mol. The Labute approximate surface area is 295 Å². The number of carbonyl (C=O) groups excluding carboxylic acids is 1. The quantitative estimate of drug-likeness (QED) is 0.0733. The Bertz CT molecular complexity index is 2140. The van der Waals surface area contributed by atoms with E-state index in [0.29, 0.717) is 36.0 Å².